The highest BCUT2D eigenvalue weighted by Crippen LogP contribution is 2.07. The molecule has 0 aromatic rings. The second-order valence-corrected chi connectivity index (χ2v) is 5.10. The van der Waals surface area contributed by atoms with Crippen LogP contribution < -0.4 is 11.1 Å². The lowest BCUT2D eigenvalue weighted by Gasteiger charge is -2.26. The predicted octanol–water partition coefficient (Wildman–Crippen LogP) is 1.38. The zero-order chi connectivity index (χ0) is 12.7. The van der Waals surface area contributed by atoms with Gasteiger partial charge in [0.15, 0.2) is 0 Å². The third kappa shape index (κ3) is 6.03. The number of hydrogen-bond acceptors (Lipinski definition) is 3. The van der Waals surface area contributed by atoms with Crippen molar-refractivity contribution in [3.63, 3.8) is 0 Å². The van der Waals surface area contributed by atoms with Crippen LogP contribution in [0.15, 0.2) is 0 Å². The molecule has 1 amide bonds. The van der Waals surface area contributed by atoms with Crippen molar-refractivity contribution in [1.82, 2.24) is 10.2 Å². The Bertz CT molecular complexity index is 232. The Hall–Kier alpha value is -0.320. The predicted molar refractivity (Wildman–Crippen MR) is 78.0 cm³/mol. The Labute approximate surface area is 117 Å². The molecular formula is C13H28ClN3O. The number of likely N-dealkylation sites (tertiary alicyclic amines) is 1. The molecule has 1 rings (SSSR count). The summed E-state index contributed by atoms with van der Waals surface area (Å²) in [6.07, 6.45) is 4.88. The van der Waals surface area contributed by atoms with Crippen LogP contribution in [0, 0.1) is 5.92 Å². The standard InChI is InChI=1S/C13H27N3O.ClH/c1-3-11(2)12(14)13(17)15-7-10-16-8-5-4-6-9-16;/h11-12H,3-10,14H2,1-2H3,(H,15,17);1H. The van der Waals surface area contributed by atoms with Crippen molar-refractivity contribution in [3.8, 4) is 0 Å². The average molecular weight is 278 g/mol. The number of nitrogens with two attached hydrogens (primary N) is 1. The van der Waals surface area contributed by atoms with E-state index in [4.69, 9.17) is 5.73 Å². The van der Waals surface area contributed by atoms with Gasteiger partial charge in [0.1, 0.15) is 0 Å². The van der Waals surface area contributed by atoms with Gasteiger partial charge in [-0.05, 0) is 31.8 Å². The number of nitrogens with zero attached hydrogens (tertiary/aromatic N) is 1. The largest absolute Gasteiger partial charge is 0.353 e. The van der Waals surface area contributed by atoms with Gasteiger partial charge in [0.2, 0.25) is 5.91 Å². The molecule has 3 N–H and O–H groups in total. The molecule has 1 saturated heterocycles. The van der Waals surface area contributed by atoms with Crippen LogP contribution in [0.4, 0.5) is 0 Å². The summed E-state index contributed by atoms with van der Waals surface area (Å²) in [5.41, 5.74) is 5.86. The van der Waals surface area contributed by atoms with E-state index < -0.39 is 0 Å². The van der Waals surface area contributed by atoms with Crippen LogP contribution in [0.5, 0.6) is 0 Å². The smallest absolute Gasteiger partial charge is 0.237 e. The maximum atomic E-state index is 11.7. The first-order valence-electron chi connectivity index (χ1n) is 6.90. The van der Waals surface area contributed by atoms with Crippen LogP contribution in [-0.4, -0.2) is 43.0 Å². The van der Waals surface area contributed by atoms with Crippen LogP contribution in [0.2, 0.25) is 0 Å². The molecule has 2 atom stereocenters. The van der Waals surface area contributed by atoms with Gasteiger partial charge in [-0.2, -0.15) is 0 Å². The molecule has 4 nitrogen and oxygen atoms in total. The average Bonchev–Trinajstić information content (AvgIpc) is 2.38. The van der Waals surface area contributed by atoms with E-state index in [0.29, 0.717) is 0 Å². The van der Waals surface area contributed by atoms with Gasteiger partial charge in [-0.1, -0.05) is 26.7 Å². The molecule has 0 radical (unpaired) electrons. The summed E-state index contributed by atoms with van der Waals surface area (Å²) < 4.78 is 0. The third-order valence-electron chi connectivity index (χ3n) is 3.74. The van der Waals surface area contributed by atoms with Crippen LogP contribution in [0.25, 0.3) is 0 Å². The van der Waals surface area contributed by atoms with E-state index in [2.05, 4.69) is 17.1 Å². The van der Waals surface area contributed by atoms with E-state index in [1.165, 1.54) is 32.4 Å². The topological polar surface area (TPSA) is 58.4 Å². The van der Waals surface area contributed by atoms with Gasteiger partial charge in [0.25, 0.3) is 0 Å². The summed E-state index contributed by atoms with van der Waals surface area (Å²) in [7, 11) is 0. The minimum Gasteiger partial charge on any atom is -0.353 e. The highest BCUT2D eigenvalue weighted by molar-refractivity contribution is 5.85. The molecule has 0 spiro atoms. The molecule has 0 aromatic heterocycles. The van der Waals surface area contributed by atoms with Crippen molar-refractivity contribution < 1.29 is 4.79 Å². The molecule has 1 heterocycles. The summed E-state index contributed by atoms with van der Waals surface area (Å²) >= 11 is 0. The van der Waals surface area contributed by atoms with Gasteiger partial charge in [0.05, 0.1) is 6.04 Å². The quantitative estimate of drug-likeness (QED) is 0.771. The molecule has 1 aliphatic heterocycles. The highest BCUT2D eigenvalue weighted by Gasteiger charge is 2.19. The lowest BCUT2D eigenvalue weighted by molar-refractivity contribution is -0.123. The second kappa shape index (κ2) is 9.59. The molecule has 0 bridgehead atoms. The number of amides is 1. The minimum atomic E-state index is -0.360. The first-order valence-corrected chi connectivity index (χ1v) is 6.90. The second-order valence-electron chi connectivity index (χ2n) is 5.10. The van der Waals surface area contributed by atoms with Gasteiger partial charge in [-0.15, -0.1) is 12.4 Å². The molecular weight excluding hydrogens is 250 g/mol. The number of halogens is 1. The van der Waals surface area contributed by atoms with Crippen molar-refractivity contribution in [3.05, 3.63) is 0 Å². The van der Waals surface area contributed by atoms with Crippen LogP contribution in [0.3, 0.4) is 0 Å². The molecule has 2 unspecified atom stereocenters. The van der Waals surface area contributed by atoms with Crippen LogP contribution >= 0.6 is 12.4 Å². The van der Waals surface area contributed by atoms with E-state index in [-0.39, 0.29) is 30.3 Å². The molecule has 5 heteroatoms. The lowest BCUT2D eigenvalue weighted by Crippen LogP contribution is -2.47. The van der Waals surface area contributed by atoms with Crippen molar-refractivity contribution >= 4 is 18.3 Å². The lowest BCUT2D eigenvalue weighted by atomic mass is 9.99. The molecule has 1 aliphatic rings. The number of nitrogens with one attached hydrogen (secondary N) is 1. The Morgan fingerprint density at radius 1 is 1.33 bits per heavy atom. The van der Waals surface area contributed by atoms with Gasteiger partial charge < -0.3 is 16.0 Å². The summed E-state index contributed by atoms with van der Waals surface area (Å²) in [5, 5.41) is 2.94. The first-order chi connectivity index (χ1) is 8.15. The fourth-order valence-corrected chi connectivity index (χ4v) is 2.15. The normalized spacial score (nSPS) is 19.7. The SMILES string of the molecule is CCC(C)C(N)C(=O)NCCN1CCCCC1.Cl. The molecule has 108 valence electrons. The maximum absolute atomic E-state index is 11.7. The Morgan fingerprint density at radius 3 is 2.50 bits per heavy atom. The van der Waals surface area contributed by atoms with E-state index in [1.807, 2.05) is 6.92 Å². The number of piperidine rings is 1. The van der Waals surface area contributed by atoms with E-state index in [1.54, 1.807) is 0 Å². The fraction of sp³-hybridized carbons (Fsp3) is 0.923. The molecule has 1 fully saturated rings. The zero-order valence-electron chi connectivity index (χ0n) is 11.7. The van der Waals surface area contributed by atoms with Gasteiger partial charge in [-0.3, -0.25) is 4.79 Å². The van der Waals surface area contributed by atoms with Crippen molar-refractivity contribution in [2.45, 2.75) is 45.6 Å². The Kier molecular flexibility index (Phi) is 9.42. The minimum absolute atomic E-state index is 0. The van der Waals surface area contributed by atoms with Crippen LogP contribution in [0.1, 0.15) is 39.5 Å². The van der Waals surface area contributed by atoms with E-state index >= 15 is 0 Å². The Balaban J connectivity index is 0.00000289. The zero-order valence-corrected chi connectivity index (χ0v) is 12.5. The molecule has 0 aromatic carbocycles. The van der Waals surface area contributed by atoms with Crippen LogP contribution in [-0.2, 0) is 4.79 Å². The summed E-state index contributed by atoms with van der Waals surface area (Å²) in [6, 6.07) is -0.360. The number of carbonyl (C=O) groups excluding carboxylic acids is 1. The molecule has 0 saturated carbocycles. The fourth-order valence-electron chi connectivity index (χ4n) is 2.15. The van der Waals surface area contributed by atoms with Gasteiger partial charge >= 0.3 is 0 Å². The molecule has 18 heavy (non-hydrogen) atoms. The van der Waals surface area contributed by atoms with Gasteiger partial charge in [0, 0.05) is 13.1 Å². The summed E-state index contributed by atoms with van der Waals surface area (Å²) in [4.78, 5) is 14.1. The number of rotatable bonds is 6. The molecule has 0 aliphatic carbocycles. The van der Waals surface area contributed by atoms with E-state index in [0.717, 1.165) is 19.5 Å². The summed E-state index contributed by atoms with van der Waals surface area (Å²) in [5.74, 6) is 0.251. The number of carbonyl (C=O) groups is 1. The van der Waals surface area contributed by atoms with Crippen molar-refractivity contribution in [1.29, 1.82) is 0 Å². The van der Waals surface area contributed by atoms with Crippen molar-refractivity contribution in [2.24, 2.45) is 11.7 Å². The highest BCUT2D eigenvalue weighted by atomic mass is 35.5. The van der Waals surface area contributed by atoms with Gasteiger partial charge in [-0.25, -0.2) is 0 Å². The maximum Gasteiger partial charge on any atom is 0.237 e. The number of hydrogen-bond donors (Lipinski definition) is 2. The third-order valence-corrected chi connectivity index (χ3v) is 3.74. The monoisotopic (exact) mass is 277 g/mol. The Morgan fingerprint density at radius 2 is 1.94 bits per heavy atom. The summed E-state index contributed by atoms with van der Waals surface area (Å²) in [6.45, 7) is 8.11. The first kappa shape index (κ1) is 17.7. The van der Waals surface area contributed by atoms with Crippen molar-refractivity contribution in [2.75, 3.05) is 26.2 Å². The van der Waals surface area contributed by atoms with E-state index in [9.17, 15) is 4.79 Å².